The fraction of sp³-hybridized carbons (Fsp3) is 0.216. The Kier molecular flexibility index (Phi) is 13.8. The molecular weight excluding hydrogens is 599 g/mol. The van der Waals surface area contributed by atoms with Gasteiger partial charge in [-0.15, -0.1) is 5.56 Å². The molecule has 0 saturated heterocycles. The molecule has 0 nitrogen and oxygen atoms in total. The standard InChI is InChI=1S/C37H37.3ClH.Ti/c1-25-15-26(2)19-33(18-25)37(34-20-27(3)16-28(4)21-34,35-22-29(5)17-30(6)23-35)36-14-10-13-32(36)24-31-11-8-7-9-12-31;;;;/h7-23H,24H2,1-6H3;3*1H;/q-1;;;;+4/p-3. The van der Waals surface area contributed by atoms with Crippen LogP contribution in [0.25, 0.3) is 0 Å². The molecule has 0 unspecified atom stereocenters. The summed E-state index contributed by atoms with van der Waals surface area (Å²) < 4.78 is 0. The molecule has 0 radical (unpaired) electrons. The molecular formula is C37H37Cl3Ti. The van der Waals surface area contributed by atoms with Crippen LogP contribution in [-0.4, -0.2) is 0 Å². The van der Waals surface area contributed by atoms with Crippen LogP contribution in [0.2, 0.25) is 0 Å². The maximum atomic E-state index is 2.40. The average Bonchev–Trinajstić information content (AvgIpc) is 3.27. The van der Waals surface area contributed by atoms with Crippen molar-refractivity contribution in [3.05, 3.63) is 170 Å². The molecule has 0 heterocycles. The minimum Gasteiger partial charge on any atom is -1.00 e. The van der Waals surface area contributed by atoms with Crippen LogP contribution in [0.5, 0.6) is 0 Å². The van der Waals surface area contributed by atoms with Gasteiger partial charge in [0.05, 0.1) is 0 Å². The van der Waals surface area contributed by atoms with Gasteiger partial charge in [0, 0.05) is 5.41 Å². The quantitative estimate of drug-likeness (QED) is 0.143. The SMILES string of the molecule is Cc1cc(C)cc(C(c2cc(C)cc(C)c2)(c2cc(C)cc(C)c2)[c-]2cccc2Cc2ccccc2)c1.[Cl-].[Cl-].[Cl-].[Ti+4]. The van der Waals surface area contributed by atoms with Crippen LogP contribution >= 0.6 is 0 Å². The second-order valence-corrected chi connectivity index (χ2v) is 11.0. The minimum absolute atomic E-state index is 0. The van der Waals surface area contributed by atoms with E-state index in [1.807, 2.05) is 0 Å². The fourth-order valence-corrected chi connectivity index (χ4v) is 6.33. The summed E-state index contributed by atoms with van der Waals surface area (Å²) in [6.45, 7) is 13.3. The van der Waals surface area contributed by atoms with E-state index in [1.54, 1.807) is 0 Å². The average molecular weight is 636 g/mol. The third kappa shape index (κ3) is 7.61. The van der Waals surface area contributed by atoms with Crippen molar-refractivity contribution in [1.82, 2.24) is 0 Å². The summed E-state index contributed by atoms with van der Waals surface area (Å²) in [6, 6.07) is 39.1. The monoisotopic (exact) mass is 634 g/mol. The Labute approximate surface area is 280 Å². The first-order valence-corrected chi connectivity index (χ1v) is 13.3. The van der Waals surface area contributed by atoms with Gasteiger partial charge in [0.15, 0.2) is 0 Å². The number of benzene rings is 4. The van der Waals surface area contributed by atoms with Crippen LogP contribution in [0.1, 0.15) is 66.8 Å². The molecule has 0 aromatic heterocycles. The molecule has 0 saturated carbocycles. The van der Waals surface area contributed by atoms with Gasteiger partial charge in [0.25, 0.3) is 0 Å². The topological polar surface area (TPSA) is 0 Å². The van der Waals surface area contributed by atoms with Crippen molar-refractivity contribution in [1.29, 1.82) is 0 Å². The summed E-state index contributed by atoms with van der Waals surface area (Å²) in [5.74, 6) is 0. The molecule has 0 aliphatic heterocycles. The van der Waals surface area contributed by atoms with E-state index in [-0.39, 0.29) is 58.9 Å². The Hall–Kier alpha value is -2.19. The zero-order chi connectivity index (χ0) is 26.2. The van der Waals surface area contributed by atoms with Crippen LogP contribution in [0.15, 0.2) is 103 Å². The molecule has 41 heavy (non-hydrogen) atoms. The summed E-state index contributed by atoms with van der Waals surface area (Å²) in [5, 5.41) is 0. The Bertz CT molecular complexity index is 1380. The third-order valence-corrected chi connectivity index (χ3v) is 7.51. The molecule has 4 heteroatoms. The molecule has 0 fully saturated rings. The van der Waals surface area contributed by atoms with Gasteiger partial charge in [0.1, 0.15) is 0 Å². The molecule has 0 atom stereocenters. The van der Waals surface area contributed by atoms with Crippen LogP contribution in [-0.2, 0) is 33.6 Å². The maximum absolute atomic E-state index is 2.40. The van der Waals surface area contributed by atoms with Crippen LogP contribution in [0, 0.1) is 41.5 Å². The van der Waals surface area contributed by atoms with Crippen molar-refractivity contribution < 1.29 is 58.9 Å². The van der Waals surface area contributed by atoms with Gasteiger partial charge in [-0.1, -0.05) is 118 Å². The number of aryl methyl sites for hydroxylation is 6. The second-order valence-electron chi connectivity index (χ2n) is 11.0. The largest absolute Gasteiger partial charge is 4.00 e. The molecule has 5 rings (SSSR count). The van der Waals surface area contributed by atoms with Gasteiger partial charge in [-0.3, -0.25) is 0 Å². The van der Waals surface area contributed by atoms with Gasteiger partial charge < -0.3 is 37.2 Å². The maximum Gasteiger partial charge on any atom is 4.00 e. The van der Waals surface area contributed by atoms with Crippen LogP contribution in [0.3, 0.4) is 0 Å². The summed E-state index contributed by atoms with van der Waals surface area (Å²) in [7, 11) is 0. The number of hydrogen-bond donors (Lipinski definition) is 0. The van der Waals surface area contributed by atoms with Crippen molar-refractivity contribution in [2.45, 2.75) is 53.4 Å². The predicted molar refractivity (Wildman–Crippen MR) is 158 cm³/mol. The van der Waals surface area contributed by atoms with Crippen molar-refractivity contribution >= 4 is 0 Å². The Morgan fingerprint density at radius 1 is 0.488 bits per heavy atom. The van der Waals surface area contributed by atoms with E-state index in [4.69, 9.17) is 0 Å². The normalized spacial score (nSPS) is 10.5. The Morgan fingerprint density at radius 2 is 0.854 bits per heavy atom. The van der Waals surface area contributed by atoms with Crippen LogP contribution < -0.4 is 37.2 Å². The zero-order valence-electron chi connectivity index (χ0n) is 24.7. The first-order valence-electron chi connectivity index (χ1n) is 13.3. The molecule has 0 bridgehead atoms. The van der Waals surface area contributed by atoms with Gasteiger partial charge in [-0.05, 0) is 70.2 Å². The number of halogens is 3. The van der Waals surface area contributed by atoms with E-state index in [0.717, 1.165) is 6.42 Å². The van der Waals surface area contributed by atoms with E-state index in [0.29, 0.717) is 0 Å². The van der Waals surface area contributed by atoms with E-state index >= 15 is 0 Å². The number of rotatable bonds is 6. The fourth-order valence-electron chi connectivity index (χ4n) is 6.33. The van der Waals surface area contributed by atoms with E-state index in [9.17, 15) is 0 Å². The Morgan fingerprint density at radius 3 is 1.22 bits per heavy atom. The third-order valence-electron chi connectivity index (χ3n) is 7.51. The van der Waals surface area contributed by atoms with Gasteiger partial charge in [-0.2, -0.15) is 11.6 Å². The van der Waals surface area contributed by atoms with Crippen molar-refractivity contribution in [2.75, 3.05) is 0 Å². The molecule has 5 aromatic rings. The molecule has 0 aliphatic rings. The minimum atomic E-state index is -0.433. The zero-order valence-corrected chi connectivity index (χ0v) is 28.5. The molecule has 5 aromatic carbocycles. The van der Waals surface area contributed by atoms with Crippen molar-refractivity contribution in [2.24, 2.45) is 0 Å². The van der Waals surface area contributed by atoms with E-state index < -0.39 is 5.41 Å². The molecule has 0 amide bonds. The van der Waals surface area contributed by atoms with Crippen molar-refractivity contribution in [3.8, 4) is 0 Å². The molecule has 0 aliphatic carbocycles. The van der Waals surface area contributed by atoms with Gasteiger partial charge in [-0.25, -0.2) is 12.1 Å². The van der Waals surface area contributed by atoms with Gasteiger partial charge >= 0.3 is 21.7 Å². The summed E-state index contributed by atoms with van der Waals surface area (Å²) in [4.78, 5) is 0. The van der Waals surface area contributed by atoms with E-state index in [2.05, 4.69) is 145 Å². The smallest absolute Gasteiger partial charge is 1.00 e. The Balaban J connectivity index is 0.00000210. The first kappa shape index (κ1) is 36.8. The summed E-state index contributed by atoms with van der Waals surface area (Å²) in [5.41, 5.74) is 15.4. The second kappa shape index (κ2) is 15.3. The van der Waals surface area contributed by atoms with Crippen molar-refractivity contribution in [3.63, 3.8) is 0 Å². The van der Waals surface area contributed by atoms with Gasteiger partial charge in [0.2, 0.25) is 0 Å². The molecule has 210 valence electrons. The summed E-state index contributed by atoms with van der Waals surface area (Å²) in [6.07, 6.45) is 0.908. The number of hydrogen-bond acceptors (Lipinski definition) is 0. The van der Waals surface area contributed by atoms with Crippen LogP contribution in [0.4, 0.5) is 0 Å². The predicted octanol–water partition coefficient (Wildman–Crippen LogP) is 0.239. The molecule has 0 spiro atoms. The molecule has 0 N–H and O–H groups in total. The summed E-state index contributed by atoms with van der Waals surface area (Å²) >= 11 is 0. The van der Waals surface area contributed by atoms with E-state index in [1.165, 1.54) is 66.8 Å². The first-order chi connectivity index (χ1) is 17.8.